The highest BCUT2D eigenvalue weighted by Gasteiger charge is 2.27. The molecule has 0 fully saturated rings. The third-order valence-corrected chi connectivity index (χ3v) is 1.33. The van der Waals surface area contributed by atoms with Crippen molar-refractivity contribution in [3.05, 3.63) is 18.2 Å². The minimum Gasteiger partial charge on any atom is -0.461 e. The number of hydrogen-bond acceptors (Lipinski definition) is 3. The Kier molecular flexibility index (Phi) is 3.10. The van der Waals surface area contributed by atoms with Gasteiger partial charge in [-0.3, -0.25) is 0 Å². The number of imidazole rings is 1. The number of halogens is 3. The summed E-state index contributed by atoms with van der Waals surface area (Å²) in [5, 5.41) is 0. The van der Waals surface area contributed by atoms with Crippen molar-refractivity contribution in [3.63, 3.8) is 0 Å². The van der Waals surface area contributed by atoms with E-state index in [1.165, 1.54) is 12.5 Å². The number of carbonyl (C=O) groups excluding carboxylic acids is 1. The molecule has 1 heterocycles. The van der Waals surface area contributed by atoms with Crippen molar-refractivity contribution in [1.82, 2.24) is 9.97 Å². The average molecular weight is 208 g/mol. The van der Waals surface area contributed by atoms with Gasteiger partial charge in [-0.15, -0.1) is 0 Å². The molecule has 0 aliphatic rings. The second-order valence-corrected chi connectivity index (χ2v) is 2.46. The molecule has 1 N–H and O–H groups in total. The third kappa shape index (κ3) is 3.46. The van der Waals surface area contributed by atoms with Gasteiger partial charge in [0.1, 0.15) is 6.61 Å². The molecule has 0 saturated carbocycles. The monoisotopic (exact) mass is 208 g/mol. The minimum absolute atomic E-state index is 0.0350. The van der Waals surface area contributed by atoms with E-state index >= 15 is 0 Å². The molecule has 0 aliphatic carbocycles. The molecule has 0 bridgehead atoms. The first-order valence-electron chi connectivity index (χ1n) is 3.72. The van der Waals surface area contributed by atoms with Crippen LogP contribution in [-0.4, -0.2) is 28.7 Å². The molecule has 4 nitrogen and oxygen atoms in total. The predicted molar refractivity (Wildman–Crippen MR) is 39.5 cm³/mol. The minimum atomic E-state index is -4.31. The fourth-order valence-electron chi connectivity index (χ4n) is 0.705. The van der Waals surface area contributed by atoms with Gasteiger partial charge < -0.3 is 9.72 Å². The van der Waals surface area contributed by atoms with Gasteiger partial charge in [-0.05, 0) is 0 Å². The van der Waals surface area contributed by atoms with Gasteiger partial charge in [0.2, 0.25) is 0 Å². The SMILES string of the molecule is O=C(OCCC(F)(F)F)c1c[nH]cn1. The molecule has 1 aromatic rings. The standard InChI is InChI=1S/C7H7F3N2O2/c8-7(9,10)1-2-14-6(13)5-3-11-4-12-5/h3-4H,1-2H2,(H,11,12). The summed E-state index contributed by atoms with van der Waals surface area (Å²) in [4.78, 5) is 16.9. The summed E-state index contributed by atoms with van der Waals surface area (Å²) in [6.07, 6.45) is -2.98. The first-order valence-corrected chi connectivity index (χ1v) is 3.72. The second-order valence-electron chi connectivity index (χ2n) is 2.46. The van der Waals surface area contributed by atoms with Gasteiger partial charge in [-0.2, -0.15) is 13.2 Å². The van der Waals surface area contributed by atoms with Crippen LogP contribution in [0.5, 0.6) is 0 Å². The second kappa shape index (κ2) is 4.12. The van der Waals surface area contributed by atoms with Crippen LogP contribution in [-0.2, 0) is 4.74 Å². The number of esters is 1. The average Bonchev–Trinajstić information content (AvgIpc) is 2.53. The number of aromatic amines is 1. The first-order chi connectivity index (χ1) is 6.49. The summed E-state index contributed by atoms with van der Waals surface area (Å²) in [5.74, 6) is -0.865. The molecule has 0 aliphatic heterocycles. The van der Waals surface area contributed by atoms with Crippen molar-refractivity contribution < 1.29 is 22.7 Å². The van der Waals surface area contributed by atoms with Crippen LogP contribution in [0.3, 0.4) is 0 Å². The Labute approximate surface area is 77.1 Å². The maximum absolute atomic E-state index is 11.6. The Morgan fingerprint density at radius 1 is 1.57 bits per heavy atom. The summed E-state index contributed by atoms with van der Waals surface area (Å²) < 4.78 is 39.2. The van der Waals surface area contributed by atoms with Gasteiger partial charge in [0, 0.05) is 6.20 Å². The molecule has 7 heteroatoms. The highest BCUT2D eigenvalue weighted by Crippen LogP contribution is 2.19. The molecule has 1 rings (SSSR count). The number of alkyl halides is 3. The van der Waals surface area contributed by atoms with E-state index in [1.807, 2.05) is 0 Å². The van der Waals surface area contributed by atoms with E-state index in [-0.39, 0.29) is 5.69 Å². The molecular weight excluding hydrogens is 201 g/mol. The summed E-state index contributed by atoms with van der Waals surface area (Å²) >= 11 is 0. The largest absolute Gasteiger partial charge is 0.461 e. The lowest BCUT2D eigenvalue weighted by Crippen LogP contribution is -2.14. The van der Waals surface area contributed by atoms with Gasteiger partial charge in [-0.1, -0.05) is 0 Å². The third-order valence-electron chi connectivity index (χ3n) is 1.33. The van der Waals surface area contributed by atoms with Crippen LogP contribution in [0.2, 0.25) is 0 Å². The normalized spacial score (nSPS) is 11.4. The van der Waals surface area contributed by atoms with Crippen LogP contribution in [0, 0.1) is 0 Å². The van der Waals surface area contributed by atoms with Crippen LogP contribution < -0.4 is 0 Å². The van der Waals surface area contributed by atoms with Crippen molar-refractivity contribution in [2.24, 2.45) is 0 Å². The number of ether oxygens (including phenoxy) is 1. The zero-order valence-corrected chi connectivity index (χ0v) is 6.97. The number of H-pyrrole nitrogens is 1. The van der Waals surface area contributed by atoms with Gasteiger partial charge in [0.05, 0.1) is 12.7 Å². The number of rotatable bonds is 3. The van der Waals surface area contributed by atoms with Crippen LogP contribution in [0.4, 0.5) is 13.2 Å². The number of aromatic nitrogens is 2. The quantitative estimate of drug-likeness (QED) is 0.766. The zero-order chi connectivity index (χ0) is 10.6. The van der Waals surface area contributed by atoms with Gasteiger partial charge >= 0.3 is 12.1 Å². The molecule has 0 saturated heterocycles. The van der Waals surface area contributed by atoms with E-state index in [0.717, 1.165) is 0 Å². The Bertz CT molecular complexity index is 294. The predicted octanol–water partition coefficient (Wildman–Crippen LogP) is 1.52. The van der Waals surface area contributed by atoms with E-state index in [9.17, 15) is 18.0 Å². The highest BCUT2D eigenvalue weighted by atomic mass is 19.4. The summed E-state index contributed by atoms with van der Waals surface area (Å²) in [5.41, 5.74) is -0.0350. The number of nitrogens with zero attached hydrogens (tertiary/aromatic N) is 1. The summed E-state index contributed by atoms with van der Waals surface area (Å²) in [6.45, 7) is -0.685. The van der Waals surface area contributed by atoms with Crippen LogP contribution in [0.1, 0.15) is 16.9 Å². The topological polar surface area (TPSA) is 55.0 Å². The van der Waals surface area contributed by atoms with Crippen LogP contribution in [0.25, 0.3) is 0 Å². The molecular formula is C7H7F3N2O2. The van der Waals surface area contributed by atoms with Gasteiger partial charge in [0.15, 0.2) is 5.69 Å². The van der Waals surface area contributed by atoms with Crippen molar-refractivity contribution in [2.45, 2.75) is 12.6 Å². The summed E-state index contributed by atoms with van der Waals surface area (Å²) in [7, 11) is 0. The molecule has 0 spiro atoms. The fraction of sp³-hybridized carbons (Fsp3) is 0.429. The molecule has 0 radical (unpaired) electrons. The van der Waals surface area contributed by atoms with Crippen molar-refractivity contribution in [1.29, 1.82) is 0 Å². The lowest BCUT2D eigenvalue weighted by atomic mass is 10.4. The molecule has 0 unspecified atom stereocenters. The Morgan fingerprint density at radius 3 is 2.79 bits per heavy atom. The number of hydrogen-bond donors (Lipinski definition) is 1. The maximum atomic E-state index is 11.6. The molecule has 78 valence electrons. The lowest BCUT2D eigenvalue weighted by Gasteiger charge is -2.05. The highest BCUT2D eigenvalue weighted by molar-refractivity contribution is 5.86. The van der Waals surface area contributed by atoms with E-state index in [1.54, 1.807) is 0 Å². The van der Waals surface area contributed by atoms with Gasteiger partial charge in [0.25, 0.3) is 0 Å². The lowest BCUT2D eigenvalue weighted by molar-refractivity contribution is -0.141. The Balaban J connectivity index is 2.30. The van der Waals surface area contributed by atoms with Crippen LogP contribution >= 0.6 is 0 Å². The first kappa shape index (κ1) is 10.6. The fourth-order valence-corrected chi connectivity index (χ4v) is 0.705. The molecule has 1 aromatic heterocycles. The van der Waals surface area contributed by atoms with Crippen molar-refractivity contribution in [3.8, 4) is 0 Å². The molecule has 0 amide bonds. The van der Waals surface area contributed by atoms with Gasteiger partial charge in [-0.25, -0.2) is 9.78 Å². The molecule has 14 heavy (non-hydrogen) atoms. The van der Waals surface area contributed by atoms with Crippen molar-refractivity contribution >= 4 is 5.97 Å². The van der Waals surface area contributed by atoms with E-state index < -0.39 is 25.2 Å². The van der Waals surface area contributed by atoms with Crippen molar-refractivity contribution in [2.75, 3.05) is 6.61 Å². The maximum Gasteiger partial charge on any atom is 0.392 e. The number of carbonyl (C=O) groups is 1. The molecule has 0 atom stereocenters. The zero-order valence-electron chi connectivity index (χ0n) is 6.97. The Morgan fingerprint density at radius 2 is 2.29 bits per heavy atom. The molecule has 0 aromatic carbocycles. The van der Waals surface area contributed by atoms with E-state index in [4.69, 9.17) is 0 Å². The van der Waals surface area contributed by atoms with E-state index in [0.29, 0.717) is 0 Å². The van der Waals surface area contributed by atoms with Crippen LogP contribution in [0.15, 0.2) is 12.5 Å². The number of nitrogens with one attached hydrogen (secondary N) is 1. The van der Waals surface area contributed by atoms with E-state index in [2.05, 4.69) is 14.7 Å². The Hall–Kier alpha value is -1.53. The smallest absolute Gasteiger partial charge is 0.392 e. The summed E-state index contributed by atoms with van der Waals surface area (Å²) in [6, 6.07) is 0.